The molecule has 1 saturated heterocycles. The minimum atomic E-state index is -3.20. The third-order valence-electron chi connectivity index (χ3n) is 6.38. The molecule has 0 amide bonds. The Kier molecular flexibility index (Phi) is 5.69. The monoisotopic (exact) mass is 460 g/mol. The van der Waals surface area contributed by atoms with E-state index < -0.39 is 41.9 Å². The van der Waals surface area contributed by atoms with Crippen molar-refractivity contribution in [3.05, 3.63) is 72.1 Å². The summed E-state index contributed by atoms with van der Waals surface area (Å²) in [4.78, 5) is 0. The fraction of sp³-hybridized carbons (Fsp3) is 0.375. The zero-order chi connectivity index (χ0) is 24.2. The summed E-state index contributed by atoms with van der Waals surface area (Å²) in [5.74, 6) is -4.30. The Morgan fingerprint density at radius 3 is 2.15 bits per heavy atom. The standard InChI is InChI=1S/C24H25BF4N2O2/c1-22(2)23(3,4)33-25(32-22)19-8-6-7-18(20(19)27)16-13-30-31(14-16)21(24(5,28)29)15-9-11-17(26)12-10-15/h6-14,21H,1-5H3/t21-/m1/s1. The molecule has 0 aliphatic carbocycles. The Balaban J connectivity index is 1.70. The highest BCUT2D eigenvalue weighted by molar-refractivity contribution is 6.62. The van der Waals surface area contributed by atoms with Crippen LogP contribution in [0.4, 0.5) is 17.6 Å². The predicted molar refractivity (Wildman–Crippen MR) is 118 cm³/mol. The van der Waals surface area contributed by atoms with E-state index in [4.69, 9.17) is 9.31 Å². The number of rotatable bonds is 5. The van der Waals surface area contributed by atoms with Gasteiger partial charge in [-0.15, -0.1) is 0 Å². The Hall–Kier alpha value is -2.65. The first-order chi connectivity index (χ1) is 15.3. The normalized spacial score (nSPS) is 18.5. The molecule has 4 nitrogen and oxygen atoms in total. The summed E-state index contributed by atoms with van der Waals surface area (Å²) in [5, 5.41) is 4.09. The molecule has 174 valence electrons. The molecule has 2 aromatic carbocycles. The van der Waals surface area contributed by atoms with E-state index in [1.54, 1.807) is 18.2 Å². The molecular weight excluding hydrogens is 435 g/mol. The molecule has 0 N–H and O–H groups in total. The van der Waals surface area contributed by atoms with Crippen LogP contribution in [-0.4, -0.2) is 34.0 Å². The highest BCUT2D eigenvalue weighted by atomic mass is 19.3. The van der Waals surface area contributed by atoms with Gasteiger partial charge in [-0.2, -0.15) is 5.10 Å². The van der Waals surface area contributed by atoms with Crippen LogP contribution in [-0.2, 0) is 9.31 Å². The van der Waals surface area contributed by atoms with Crippen LogP contribution in [0.15, 0.2) is 54.9 Å². The van der Waals surface area contributed by atoms with Gasteiger partial charge >= 0.3 is 7.12 Å². The summed E-state index contributed by atoms with van der Waals surface area (Å²) in [5.41, 5.74) is -0.368. The van der Waals surface area contributed by atoms with Crippen LogP contribution in [0.3, 0.4) is 0 Å². The maximum absolute atomic E-state index is 15.5. The van der Waals surface area contributed by atoms with Gasteiger partial charge in [0, 0.05) is 29.7 Å². The zero-order valence-corrected chi connectivity index (χ0v) is 19.1. The molecule has 3 aromatic rings. The lowest BCUT2D eigenvalue weighted by atomic mass is 9.77. The average molecular weight is 460 g/mol. The SMILES string of the molecule is CC(F)(F)[C@@H](c1ccc(F)cc1)n1cc(-c2cccc(B3OC(C)(C)C(C)(C)O3)c2F)cn1. The highest BCUT2D eigenvalue weighted by Gasteiger charge is 2.52. The Morgan fingerprint density at radius 1 is 0.970 bits per heavy atom. The van der Waals surface area contributed by atoms with Crippen LogP contribution >= 0.6 is 0 Å². The van der Waals surface area contributed by atoms with Gasteiger partial charge in [-0.05, 0) is 45.4 Å². The molecule has 9 heteroatoms. The van der Waals surface area contributed by atoms with Crippen LogP contribution in [0.5, 0.6) is 0 Å². The number of halogens is 4. The summed E-state index contributed by atoms with van der Waals surface area (Å²) < 4.78 is 70.9. The van der Waals surface area contributed by atoms with E-state index in [-0.39, 0.29) is 16.6 Å². The largest absolute Gasteiger partial charge is 0.497 e. The van der Waals surface area contributed by atoms with Gasteiger partial charge in [0.25, 0.3) is 5.92 Å². The molecule has 0 radical (unpaired) electrons. The Morgan fingerprint density at radius 2 is 1.58 bits per heavy atom. The minimum absolute atomic E-state index is 0.185. The van der Waals surface area contributed by atoms with Crippen LogP contribution in [0.25, 0.3) is 11.1 Å². The van der Waals surface area contributed by atoms with Gasteiger partial charge in [0.15, 0.2) is 0 Å². The van der Waals surface area contributed by atoms with Crippen molar-refractivity contribution in [2.45, 2.75) is 57.8 Å². The van der Waals surface area contributed by atoms with Crippen LogP contribution in [0, 0.1) is 11.6 Å². The maximum atomic E-state index is 15.5. The van der Waals surface area contributed by atoms with E-state index >= 15 is 4.39 Å². The first kappa shape index (κ1) is 23.5. The number of hydrogen-bond acceptors (Lipinski definition) is 3. The van der Waals surface area contributed by atoms with Crippen molar-refractivity contribution in [2.24, 2.45) is 0 Å². The van der Waals surface area contributed by atoms with Crippen molar-refractivity contribution in [1.29, 1.82) is 0 Å². The number of hydrogen-bond donors (Lipinski definition) is 0. The second kappa shape index (κ2) is 7.99. The Bertz CT molecular complexity index is 1140. The molecule has 0 bridgehead atoms. The summed E-state index contributed by atoms with van der Waals surface area (Å²) in [6.07, 6.45) is 2.69. The summed E-state index contributed by atoms with van der Waals surface area (Å²) in [6, 6.07) is 8.10. The topological polar surface area (TPSA) is 36.3 Å². The minimum Gasteiger partial charge on any atom is -0.399 e. The third kappa shape index (κ3) is 4.31. The number of benzene rings is 2. The summed E-state index contributed by atoms with van der Waals surface area (Å²) in [6.45, 7) is 8.26. The van der Waals surface area contributed by atoms with Gasteiger partial charge in [0.2, 0.25) is 0 Å². The molecule has 0 saturated carbocycles. The van der Waals surface area contributed by atoms with E-state index in [0.29, 0.717) is 5.56 Å². The van der Waals surface area contributed by atoms with Crippen molar-refractivity contribution < 1.29 is 26.9 Å². The molecule has 4 rings (SSSR count). The van der Waals surface area contributed by atoms with Gasteiger partial charge in [0.05, 0.1) is 17.4 Å². The summed E-state index contributed by atoms with van der Waals surface area (Å²) in [7, 11) is -0.906. The molecule has 1 fully saturated rings. The number of aromatic nitrogens is 2. The Labute approximate surface area is 190 Å². The smallest absolute Gasteiger partial charge is 0.399 e. The summed E-state index contributed by atoms with van der Waals surface area (Å²) >= 11 is 0. The fourth-order valence-electron chi connectivity index (χ4n) is 3.87. The van der Waals surface area contributed by atoms with Crippen LogP contribution in [0.1, 0.15) is 46.2 Å². The lowest BCUT2D eigenvalue weighted by molar-refractivity contribution is -0.0217. The van der Waals surface area contributed by atoms with Crippen molar-refractivity contribution in [3.63, 3.8) is 0 Å². The van der Waals surface area contributed by atoms with E-state index in [2.05, 4.69) is 5.10 Å². The van der Waals surface area contributed by atoms with Gasteiger partial charge in [-0.1, -0.05) is 30.3 Å². The number of nitrogens with zero attached hydrogens (tertiary/aromatic N) is 2. The molecule has 1 aliphatic rings. The second-order valence-electron chi connectivity index (χ2n) is 9.42. The van der Waals surface area contributed by atoms with Gasteiger partial charge in [-0.3, -0.25) is 4.68 Å². The first-order valence-electron chi connectivity index (χ1n) is 10.6. The van der Waals surface area contributed by atoms with Crippen molar-refractivity contribution in [2.75, 3.05) is 0 Å². The lowest BCUT2D eigenvalue weighted by Crippen LogP contribution is -2.41. The molecule has 1 atom stereocenters. The van der Waals surface area contributed by atoms with E-state index in [1.807, 2.05) is 27.7 Å². The van der Waals surface area contributed by atoms with Gasteiger partial charge in [0.1, 0.15) is 17.7 Å². The van der Waals surface area contributed by atoms with Crippen molar-refractivity contribution in [1.82, 2.24) is 9.78 Å². The van der Waals surface area contributed by atoms with E-state index in [0.717, 1.165) is 23.7 Å². The molecular formula is C24H25BF4N2O2. The molecule has 0 spiro atoms. The van der Waals surface area contributed by atoms with Crippen LogP contribution < -0.4 is 5.46 Å². The van der Waals surface area contributed by atoms with Crippen molar-refractivity contribution >= 4 is 12.6 Å². The predicted octanol–water partition coefficient (Wildman–Crippen LogP) is 5.37. The third-order valence-corrected chi connectivity index (χ3v) is 6.38. The second-order valence-corrected chi connectivity index (χ2v) is 9.42. The molecule has 1 aromatic heterocycles. The van der Waals surface area contributed by atoms with E-state index in [9.17, 15) is 13.2 Å². The van der Waals surface area contributed by atoms with Gasteiger partial charge < -0.3 is 9.31 Å². The molecule has 33 heavy (non-hydrogen) atoms. The quantitative estimate of drug-likeness (QED) is 0.380. The van der Waals surface area contributed by atoms with Crippen LogP contribution in [0.2, 0.25) is 0 Å². The zero-order valence-electron chi connectivity index (χ0n) is 19.1. The highest BCUT2D eigenvalue weighted by Crippen LogP contribution is 2.38. The maximum Gasteiger partial charge on any atom is 0.497 e. The molecule has 2 heterocycles. The first-order valence-corrected chi connectivity index (χ1v) is 10.6. The fourth-order valence-corrected chi connectivity index (χ4v) is 3.87. The lowest BCUT2D eigenvalue weighted by Gasteiger charge is -2.32. The van der Waals surface area contributed by atoms with E-state index in [1.165, 1.54) is 24.5 Å². The van der Waals surface area contributed by atoms with Gasteiger partial charge in [-0.25, -0.2) is 17.6 Å². The average Bonchev–Trinajstić information content (AvgIpc) is 3.24. The molecule has 1 aliphatic heterocycles. The molecule has 0 unspecified atom stereocenters. The van der Waals surface area contributed by atoms with Crippen molar-refractivity contribution in [3.8, 4) is 11.1 Å². The number of alkyl halides is 2.